The number of benzene rings is 2. The summed E-state index contributed by atoms with van der Waals surface area (Å²) in [6.07, 6.45) is 1.66. The van der Waals surface area contributed by atoms with E-state index in [4.69, 9.17) is 21.1 Å². The summed E-state index contributed by atoms with van der Waals surface area (Å²) < 4.78 is 10.3. The molecule has 2 aromatic rings. The minimum Gasteiger partial charge on any atom is -0.497 e. The van der Waals surface area contributed by atoms with Gasteiger partial charge in [-0.1, -0.05) is 23.7 Å². The van der Waals surface area contributed by atoms with Gasteiger partial charge in [0, 0.05) is 10.6 Å². The van der Waals surface area contributed by atoms with Gasteiger partial charge in [-0.15, -0.1) is 0 Å². The molecule has 0 spiro atoms. The van der Waals surface area contributed by atoms with E-state index in [1.54, 1.807) is 49.6 Å². The first-order chi connectivity index (χ1) is 10.7. The van der Waals surface area contributed by atoms with E-state index in [0.717, 1.165) is 11.3 Å². The molecule has 1 aliphatic rings. The van der Waals surface area contributed by atoms with E-state index < -0.39 is 5.97 Å². The van der Waals surface area contributed by atoms with E-state index >= 15 is 0 Å². The average molecular weight is 314 g/mol. The maximum Gasteiger partial charge on any atom is 0.363 e. The normalized spacial score (nSPS) is 15.6. The van der Waals surface area contributed by atoms with Gasteiger partial charge in [-0.3, -0.25) is 0 Å². The lowest BCUT2D eigenvalue weighted by molar-refractivity contribution is -0.129. The number of aliphatic imine (C=N–C) groups is 1. The molecule has 2 aromatic carbocycles. The molecule has 0 unspecified atom stereocenters. The summed E-state index contributed by atoms with van der Waals surface area (Å²) in [6.45, 7) is 0. The standard InChI is InChI=1S/C17H12ClNO3/c1-21-14-8-4-12(5-9-14)16-19-15(17(20)22-16)10-11-2-6-13(18)7-3-11/h2-10H,1H3/b15-10-. The summed E-state index contributed by atoms with van der Waals surface area (Å²) in [5, 5.41) is 0.638. The van der Waals surface area contributed by atoms with E-state index in [1.807, 2.05) is 12.1 Å². The van der Waals surface area contributed by atoms with Crippen LogP contribution in [0, 0.1) is 0 Å². The third-order valence-corrected chi connectivity index (χ3v) is 3.38. The van der Waals surface area contributed by atoms with E-state index in [-0.39, 0.29) is 11.6 Å². The van der Waals surface area contributed by atoms with Gasteiger partial charge in [-0.25, -0.2) is 9.79 Å². The average Bonchev–Trinajstić information content (AvgIpc) is 2.91. The summed E-state index contributed by atoms with van der Waals surface area (Å²) in [5.74, 6) is 0.541. The Morgan fingerprint density at radius 2 is 1.77 bits per heavy atom. The highest BCUT2D eigenvalue weighted by molar-refractivity contribution is 6.30. The van der Waals surface area contributed by atoms with Crippen molar-refractivity contribution in [1.29, 1.82) is 0 Å². The highest BCUT2D eigenvalue weighted by Crippen LogP contribution is 2.21. The fourth-order valence-electron chi connectivity index (χ4n) is 1.98. The Hall–Kier alpha value is -2.59. The summed E-state index contributed by atoms with van der Waals surface area (Å²) in [4.78, 5) is 16.1. The van der Waals surface area contributed by atoms with Gasteiger partial charge in [0.1, 0.15) is 5.75 Å². The van der Waals surface area contributed by atoms with Gasteiger partial charge >= 0.3 is 5.97 Å². The molecule has 0 atom stereocenters. The van der Waals surface area contributed by atoms with Gasteiger partial charge in [0.05, 0.1) is 7.11 Å². The smallest absolute Gasteiger partial charge is 0.363 e. The van der Waals surface area contributed by atoms with Crippen molar-refractivity contribution < 1.29 is 14.3 Å². The number of methoxy groups -OCH3 is 1. The van der Waals surface area contributed by atoms with Crippen LogP contribution in [0.25, 0.3) is 6.08 Å². The van der Waals surface area contributed by atoms with Crippen molar-refractivity contribution in [1.82, 2.24) is 0 Å². The molecular formula is C17H12ClNO3. The highest BCUT2D eigenvalue weighted by Gasteiger charge is 2.24. The molecule has 0 aliphatic carbocycles. The minimum atomic E-state index is -0.472. The van der Waals surface area contributed by atoms with Crippen molar-refractivity contribution in [2.24, 2.45) is 4.99 Å². The Morgan fingerprint density at radius 1 is 1.09 bits per heavy atom. The van der Waals surface area contributed by atoms with Crippen molar-refractivity contribution in [3.8, 4) is 5.75 Å². The number of nitrogens with zero attached hydrogens (tertiary/aromatic N) is 1. The second-order valence-corrected chi connectivity index (χ2v) is 5.05. The van der Waals surface area contributed by atoms with Gasteiger partial charge < -0.3 is 9.47 Å². The molecule has 3 rings (SSSR count). The van der Waals surface area contributed by atoms with Crippen molar-refractivity contribution in [2.45, 2.75) is 0 Å². The molecule has 0 N–H and O–H groups in total. The summed E-state index contributed by atoms with van der Waals surface area (Å²) in [7, 11) is 1.59. The van der Waals surface area contributed by atoms with Crippen LogP contribution in [0.15, 0.2) is 59.2 Å². The first-order valence-corrected chi connectivity index (χ1v) is 6.96. The molecule has 0 bridgehead atoms. The van der Waals surface area contributed by atoms with Crippen molar-refractivity contribution in [2.75, 3.05) is 7.11 Å². The topological polar surface area (TPSA) is 47.9 Å². The molecule has 0 fully saturated rings. The molecule has 1 heterocycles. The number of rotatable bonds is 3. The number of hydrogen-bond donors (Lipinski definition) is 0. The Kier molecular flexibility index (Phi) is 3.94. The number of hydrogen-bond acceptors (Lipinski definition) is 4. The van der Waals surface area contributed by atoms with Crippen LogP contribution in [0.5, 0.6) is 5.75 Å². The summed E-state index contributed by atoms with van der Waals surface area (Å²) in [6, 6.07) is 14.3. The first kappa shape index (κ1) is 14.4. The Bertz CT molecular complexity index is 761. The van der Waals surface area contributed by atoms with Crippen LogP contribution in [0.2, 0.25) is 5.02 Å². The molecular weight excluding hydrogens is 302 g/mol. The van der Waals surface area contributed by atoms with Crippen LogP contribution >= 0.6 is 11.6 Å². The predicted molar refractivity (Wildman–Crippen MR) is 85.1 cm³/mol. The molecule has 22 heavy (non-hydrogen) atoms. The molecule has 0 saturated carbocycles. The Labute approximate surface area is 132 Å². The summed E-state index contributed by atoms with van der Waals surface area (Å²) in [5.41, 5.74) is 1.80. The minimum absolute atomic E-state index is 0.258. The van der Waals surface area contributed by atoms with Crippen LogP contribution in [-0.4, -0.2) is 19.0 Å². The second-order valence-electron chi connectivity index (χ2n) is 4.62. The Morgan fingerprint density at radius 3 is 2.41 bits per heavy atom. The van der Waals surface area contributed by atoms with Crippen LogP contribution in [0.3, 0.4) is 0 Å². The zero-order valence-electron chi connectivity index (χ0n) is 11.7. The Balaban J connectivity index is 1.88. The zero-order chi connectivity index (χ0) is 15.5. The van der Waals surface area contributed by atoms with Crippen LogP contribution in [0.1, 0.15) is 11.1 Å². The fourth-order valence-corrected chi connectivity index (χ4v) is 2.11. The number of carbonyl (C=O) groups is 1. The molecule has 0 saturated heterocycles. The van der Waals surface area contributed by atoms with Gasteiger partial charge in [0.2, 0.25) is 5.90 Å². The maximum atomic E-state index is 11.9. The fraction of sp³-hybridized carbons (Fsp3) is 0.0588. The lowest BCUT2D eigenvalue weighted by Gasteiger charge is -2.01. The molecule has 1 aliphatic heterocycles. The quantitative estimate of drug-likeness (QED) is 0.641. The second kappa shape index (κ2) is 6.03. The number of ether oxygens (including phenoxy) is 2. The van der Waals surface area contributed by atoms with Crippen LogP contribution in [-0.2, 0) is 9.53 Å². The van der Waals surface area contributed by atoms with E-state index in [0.29, 0.717) is 10.6 Å². The lowest BCUT2D eigenvalue weighted by atomic mass is 10.2. The molecule has 5 heteroatoms. The maximum absolute atomic E-state index is 11.9. The van der Waals surface area contributed by atoms with Crippen LogP contribution < -0.4 is 4.74 Å². The van der Waals surface area contributed by atoms with Gasteiger partial charge in [0.25, 0.3) is 0 Å². The number of halogens is 1. The largest absolute Gasteiger partial charge is 0.497 e. The van der Waals surface area contributed by atoms with Crippen molar-refractivity contribution in [3.63, 3.8) is 0 Å². The molecule has 0 amide bonds. The molecule has 4 nitrogen and oxygen atoms in total. The van der Waals surface area contributed by atoms with E-state index in [9.17, 15) is 4.79 Å². The first-order valence-electron chi connectivity index (χ1n) is 6.58. The highest BCUT2D eigenvalue weighted by atomic mass is 35.5. The monoisotopic (exact) mass is 313 g/mol. The lowest BCUT2D eigenvalue weighted by Crippen LogP contribution is -2.05. The van der Waals surface area contributed by atoms with Gasteiger partial charge in [-0.05, 0) is 48.0 Å². The van der Waals surface area contributed by atoms with Gasteiger partial charge in [0.15, 0.2) is 5.70 Å². The zero-order valence-corrected chi connectivity index (χ0v) is 12.5. The molecule has 0 radical (unpaired) electrons. The number of cyclic esters (lactones) is 1. The molecule has 0 aromatic heterocycles. The third-order valence-electron chi connectivity index (χ3n) is 3.13. The predicted octanol–water partition coefficient (Wildman–Crippen LogP) is 3.69. The third kappa shape index (κ3) is 3.02. The number of esters is 1. The number of carbonyl (C=O) groups excluding carboxylic acids is 1. The van der Waals surface area contributed by atoms with Gasteiger partial charge in [-0.2, -0.15) is 0 Å². The SMILES string of the molecule is COc1ccc(C2=N/C(=C\c3ccc(Cl)cc3)C(=O)O2)cc1. The van der Waals surface area contributed by atoms with Crippen molar-refractivity contribution in [3.05, 3.63) is 70.4 Å². The van der Waals surface area contributed by atoms with Crippen LogP contribution in [0.4, 0.5) is 0 Å². The van der Waals surface area contributed by atoms with E-state index in [1.165, 1.54) is 0 Å². The summed E-state index contributed by atoms with van der Waals surface area (Å²) >= 11 is 5.83. The van der Waals surface area contributed by atoms with E-state index in [2.05, 4.69) is 4.99 Å². The van der Waals surface area contributed by atoms with Crippen molar-refractivity contribution >= 4 is 29.5 Å². The molecule has 110 valence electrons.